The molecule has 0 aromatic carbocycles. The SMILES string of the molecule is Cc1noc(CCCNC(=O)C2CCCCC2C(=O)N2CCCC2)n1. The van der Waals surface area contributed by atoms with E-state index in [1.807, 2.05) is 4.90 Å². The van der Waals surface area contributed by atoms with Crippen molar-refractivity contribution >= 4 is 11.8 Å². The molecule has 2 fully saturated rings. The summed E-state index contributed by atoms with van der Waals surface area (Å²) in [7, 11) is 0. The van der Waals surface area contributed by atoms with Crippen LogP contribution in [0.2, 0.25) is 0 Å². The third-order valence-electron chi connectivity index (χ3n) is 5.27. The van der Waals surface area contributed by atoms with Gasteiger partial charge in [-0.25, -0.2) is 0 Å². The minimum atomic E-state index is -0.174. The van der Waals surface area contributed by atoms with Crippen LogP contribution < -0.4 is 5.32 Å². The van der Waals surface area contributed by atoms with E-state index in [0.29, 0.717) is 24.7 Å². The predicted molar refractivity (Wildman–Crippen MR) is 91.6 cm³/mol. The van der Waals surface area contributed by atoms with Gasteiger partial charge in [0.25, 0.3) is 0 Å². The van der Waals surface area contributed by atoms with Gasteiger partial charge in [0.15, 0.2) is 5.82 Å². The van der Waals surface area contributed by atoms with Crippen LogP contribution in [0.25, 0.3) is 0 Å². The number of aromatic nitrogens is 2. The second kappa shape index (κ2) is 8.45. The standard InChI is InChI=1S/C18H28N4O3/c1-13-20-16(25-21-13)9-6-10-19-17(23)14-7-2-3-8-15(14)18(24)22-11-4-5-12-22/h14-15H,2-12H2,1H3,(H,19,23). The molecule has 1 aliphatic carbocycles. The van der Waals surface area contributed by atoms with E-state index >= 15 is 0 Å². The van der Waals surface area contributed by atoms with Crippen LogP contribution in [0.5, 0.6) is 0 Å². The van der Waals surface area contributed by atoms with E-state index in [9.17, 15) is 9.59 Å². The fourth-order valence-corrected chi connectivity index (χ4v) is 3.94. The molecule has 0 spiro atoms. The fraction of sp³-hybridized carbons (Fsp3) is 0.778. The first-order valence-electron chi connectivity index (χ1n) is 9.51. The molecule has 0 radical (unpaired) electrons. The number of nitrogens with one attached hydrogen (secondary N) is 1. The number of carbonyl (C=O) groups excluding carboxylic acids is 2. The quantitative estimate of drug-likeness (QED) is 0.793. The van der Waals surface area contributed by atoms with Crippen LogP contribution >= 0.6 is 0 Å². The number of hydrogen-bond acceptors (Lipinski definition) is 5. The molecule has 7 heteroatoms. The molecule has 1 aliphatic heterocycles. The highest BCUT2D eigenvalue weighted by Gasteiger charge is 2.38. The number of carbonyl (C=O) groups is 2. The lowest BCUT2D eigenvalue weighted by Crippen LogP contribution is -2.44. The van der Waals surface area contributed by atoms with Crippen molar-refractivity contribution in [1.29, 1.82) is 0 Å². The number of rotatable bonds is 6. The zero-order chi connectivity index (χ0) is 17.6. The number of likely N-dealkylation sites (tertiary alicyclic amines) is 1. The molecule has 3 rings (SSSR count). The second-order valence-corrected chi connectivity index (χ2v) is 7.16. The molecule has 2 amide bonds. The molecule has 138 valence electrons. The maximum absolute atomic E-state index is 12.8. The lowest BCUT2D eigenvalue weighted by Gasteiger charge is -2.32. The van der Waals surface area contributed by atoms with E-state index in [1.165, 1.54) is 0 Å². The molecular formula is C18H28N4O3. The van der Waals surface area contributed by atoms with Gasteiger partial charge in [-0.2, -0.15) is 4.98 Å². The van der Waals surface area contributed by atoms with Crippen molar-refractivity contribution in [2.45, 2.75) is 58.3 Å². The van der Waals surface area contributed by atoms with Crippen LogP contribution in [0.1, 0.15) is 56.7 Å². The summed E-state index contributed by atoms with van der Waals surface area (Å²) in [6, 6.07) is 0. The second-order valence-electron chi connectivity index (χ2n) is 7.16. The molecule has 2 atom stereocenters. The van der Waals surface area contributed by atoms with E-state index in [-0.39, 0.29) is 23.7 Å². The Morgan fingerprint density at radius 3 is 2.56 bits per heavy atom. The van der Waals surface area contributed by atoms with Crippen molar-refractivity contribution in [3.05, 3.63) is 11.7 Å². The van der Waals surface area contributed by atoms with Crippen molar-refractivity contribution in [2.24, 2.45) is 11.8 Å². The zero-order valence-corrected chi connectivity index (χ0v) is 15.0. The fourth-order valence-electron chi connectivity index (χ4n) is 3.94. The highest BCUT2D eigenvalue weighted by Crippen LogP contribution is 2.32. The van der Waals surface area contributed by atoms with Crippen molar-refractivity contribution in [3.8, 4) is 0 Å². The Labute approximate surface area is 148 Å². The van der Waals surface area contributed by atoms with Crippen LogP contribution in [0.3, 0.4) is 0 Å². The summed E-state index contributed by atoms with van der Waals surface area (Å²) in [4.78, 5) is 31.5. The molecule has 7 nitrogen and oxygen atoms in total. The summed E-state index contributed by atoms with van der Waals surface area (Å²) in [6.45, 7) is 4.07. The van der Waals surface area contributed by atoms with Crippen LogP contribution in [0.4, 0.5) is 0 Å². The molecule has 2 unspecified atom stereocenters. The Kier molecular flexibility index (Phi) is 6.04. The van der Waals surface area contributed by atoms with Crippen LogP contribution in [-0.4, -0.2) is 46.5 Å². The highest BCUT2D eigenvalue weighted by atomic mass is 16.5. The molecule has 1 saturated heterocycles. The van der Waals surface area contributed by atoms with Gasteiger partial charge in [0.2, 0.25) is 17.7 Å². The van der Waals surface area contributed by atoms with Gasteiger partial charge in [-0.15, -0.1) is 0 Å². The van der Waals surface area contributed by atoms with Gasteiger partial charge in [0.1, 0.15) is 0 Å². The van der Waals surface area contributed by atoms with Crippen molar-refractivity contribution in [1.82, 2.24) is 20.4 Å². The van der Waals surface area contributed by atoms with E-state index in [2.05, 4.69) is 15.5 Å². The molecular weight excluding hydrogens is 320 g/mol. The van der Waals surface area contributed by atoms with Gasteiger partial charge < -0.3 is 14.7 Å². The van der Waals surface area contributed by atoms with Crippen molar-refractivity contribution in [2.75, 3.05) is 19.6 Å². The molecule has 0 bridgehead atoms. The van der Waals surface area contributed by atoms with Crippen LogP contribution in [0.15, 0.2) is 4.52 Å². The minimum Gasteiger partial charge on any atom is -0.356 e. The summed E-state index contributed by atoms with van der Waals surface area (Å²) in [5.41, 5.74) is 0. The maximum Gasteiger partial charge on any atom is 0.226 e. The van der Waals surface area contributed by atoms with Gasteiger partial charge in [-0.05, 0) is 39.0 Å². The summed E-state index contributed by atoms with van der Waals surface area (Å²) >= 11 is 0. The van der Waals surface area contributed by atoms with Crippen LogP contribution in [0, 0.1) is 18.8 Å². The molecule has 2 aliphatic rings. The summed E-state index contributed by atoms with van der Waals surface area (Å²) < 4.78 is 5.07. The smallest absolute Gasteiger partial charge is 0.226 e. The Morgan fingerprint density at radius 1 is 1.16 bits per heavy atom. The Morgan fingerprint density at radius 2 is 1.88 bits per heavy atom. The van der Waals surface area contributed by atoms with E-state index in [0.717, 1.165) is 58.0 Å². The Hall–Kier alpha value is -1.92. The van der Waals surface area contributed by atoms with Gasteiger partial charge in [0, 0.05) is 37.9 Å². The van der Waals surface area contributed by atoms with Crippen LogP contribution in [-0.2, 0) is 16.0 Å². The minimum absolute atomic E-state index is 0.0268. The molecule has 2 heterocycles. The average Bonchev–Trinajstić information content (AvgIpc) is 3.30. The molecule has 1 aromatic rings. The molecule has 1 N–H and O–H groups in total. The van der Waals surface area contributed by atoms with Crippen molar-refractivity contribution in [3.63, 3.8) is 0 Å². The Balaban J connectivity index is 1.47. The predicted octanol–water partition coefficient (Wildman–Crippen LogP) is 1.86. The lowest BCUT2D eigenvalue weighted by atomic mass is 9.78. The normalized spacial score (nSPS) is 23.6. The number of amides is 2. The monoisotopic (exact) mass is 348 g/mol. The van der Waals surface area contributed by atoms with E-state index in [4.69, 9.17) is 4.52 Å². The topological polar surface area (TPSA) is 88.3 Å². The van der Waals surface area contributed by atoms with Gasteiger partial charge in [-0.3, -0.25) is 9.59 Å². The first-order chi connectivity index (χ1) is 12.1. The first-order valence-corrected chi connectivity index (χ1v) is 9.51. The highest BCUT2D eigenvalue weighted by molar-refractivity contribution is 5.88. The average molecular weight is 348 g/mol. The van der Waals surface area contributed by atoms with E-state index in [1.54, 1.807) is 6.92 Å². The summed E-state index contributed by atoms with van der Waals surface area (Å²) in [6.07, 6.45) is 7.32. The third kappa shape index (κ3) is 4.58. The molecule has 1 saturated carbocycles. The van der Waals surface area contributed by atoms with Gasteiger partial charge in [0.05, 0.1) is 0 Å². The third-order valence-corrected chi connectivity index (χ3v) is 5.27. The first kappa shape index (κ1) is 17.9. The number of nitrogens with zero attached hydrogens (tertiary/aromatic N) is 3. The van der Waals surface area contributed by atoms with Gasteiger partial charge >= 0.3 is 0 Å². The zero-order valence-electron chi connectivity index (χ0n) is 15.0. The molecule has 1 aromatic heterocycles. The molecule has 25 heavy (non-hydrogen) atoms. The number of hydrogen-bond donors (Lipinski definition) is 1. The summed E-state index contributed by atoms with van der Waals surface area (Å²) in [5.74, 6) is 1.14. The van der Waals surface area contributed by atoms with E-state index < -0.39 is 0 Å². The van der Waals surface area contributed by atoms with Gasteiger partial charge in [-0.1, -0.05) is 18.0 Å². The largest absolute Gasteiger partial charge is 0.356 e. The summed E-state index contributed by atoms with van der Waals surface area (Å²) in [5, 5.41) is 6.76. The maximum atomic E-state index is 12.8. The van der Waals surface area contributed by atoms with Crippen molar-refractivity contribution < 1.29 is 14.1 Å². The lowest BCUT2D eigenvalue weighted by molar-refractivity contribution is -0.142. The number of aryl methyl sites for hydroxylation is 2. The Bertz CT molecular complexity index is 595.